The third-order valence-corrected chi connectivity index (χ3v) is 7.07. The van der Waals surface area contributed by atoms with E-state index in [0.29, 0.717) is 26.2 Å². The van der Waals surface area contributed by atoms with Gasteiger partial charge in [0, 0.05) is 36.2 Å². The number of carbonyl (C=O) groups is 1. The van der Waals surface area contributed by atoms with Crippen molar-refractivity contribution in [2.24, 2.45) is 0 Å². The van der Waals surface area contributed by atoms with E-state index >= 15 is 0 Å². The maximum atomic E-state index is 13.8. The summed E-state index contributed by atoms with van der Waals surface area (Å²) < 4.78 is 11.3. The molecule has 2 aliphatic rings. The second kappa shape index (κ2) is 8.98. The Morgan fingerprint density at radius 3 is 2.76 bits per heavy atom. The highest BCUT2D eigenvalue weighted by Crippen LogP contribution is 2.43. The Morgan fingerprint density at radius 1 is 1.18 bits per heavy atom. The van der Waals surface area contributed by atoms with Gasteiger partial charge < -0.3 is 29.6 Å². The molecule has 2 aromatic carbocycles. The number of ether oxygens (including phenoxy) is 2. The number of hydrogen-bond donors (Lipinski definition) is 2. The standard InChI is InChI=1S/C26H32N4O3/c1-3-29(15-16-33-19-7-5-4-6-8-19)25(31)30-14-11-21-22-17-20(32-2)9-10-23(22)28-24(21)26(30)12-13-27-18-26/h4-10,17,27-28H,3,11-16,18H2,1-2H3. The van der Waals surface area contributed by atoms with Gasteiger partial charge in [-0.15, -0.1) is 0 Å². The van der Waals surface area contributed by atoms with Gasteiger partial charge in [-0.05, 0) is 62.2 Å². The summed E-state index contributed by atoms with van der Waals surface area (Å²) in [6.45, 7) is 6.06. The Bertz CT molecular complexity index is 1120. The van der Waals surface area contributed by atoms with E-state index in [2.05, 4.69) is 27.3 Å². The Labute approximate surface area is 194 Å². The summed E-state index contributed by atoms with van der Waals surface area (Å²) in [6, 6.07) is 16.0. The van der Waals surface area contributed by atoms with Crippen LogP contribution in [0.2, 0.25) is 0 Å². The van der Waals surface area contributed by atoms with E-state index in [1.165, 1.54) is 16.6 Å². The van der Waals surface area contributed by atoms with Crippen LogP contribution < -0.4 is 14.8 Å². The molecular weight excluding hydrogens is 416 g/mol. The maximum Gasteiger partial charge on any atom is 0.320 e. The van der Waals surface area contributed by atoms with Crippen molar-refractivity contribution in [1.82, 2.24) is 20.1 Å². The number of H-pyrrole nitrogens is 1. The number of rotatable bonds is 6. The van der Waals surface area contributed by atoms with Crippen LogP contribution in [0.15, 0.2) is 48.5 Å². The molecule has 7 nitrogen and oxygen atoms in total. The third-order valence-electron chi connectivity index (χ3n) is 7.07. The molecule has 0 saturated carbocycles. The zero-order valence-electron chi connectivity index (χ0n) is 19.4. The minimum absolute atomic E-state index is 0.0831. The van der Waals surface area contributed by atoms with Crippen molar-refractivity contribution in [1.29, 1.82) is 0 Å². The Morgan fingerprint density at radius 2 is 2.03 bits per heavy atom. The van der Waals surface area contributed by atoms with Gasteiger partial charge in [-0.2, -0.15) is 0 Å². The molecule has 1 atom stereocenters. The Hall–Kier alpha value is -3.19. The molecule has 2 N–H and O–H groups in total. The van der Waals surface area contributed by atoms with E-state index in [4.69, 9.17) is 9.47 Å². The normalized spacial score (nSPS) is 19.6. The highest BCUT2D eigenvalue weighted by Gasteiger charge is 2.49. The van der Waals surface area contributed by atoms with Gasteiger partial charge in [0.15, 0.2) is 0 Å². The monoisotopic (exact) mass is 448 g/mol. The fourth-order valence-electron chi connectivity index (χ4n) is 5.33. The van der Waals surface area contributed by atoms with Gasteiger partial charge in [0.05, 0.1) is 19.2 Å². The molecule has 2 amide bonds. The summed E-state index contributed by atoms with van der Waals surface area (Å²) in [5.74, 6) is 1.69. The molecule has 1 saturated heterocycles. The summed E-state index contributed by atoms with van der Waals surface area (Å²) in [5, 5.41) is 4.72. The highest BCUT2D eigenvalue weighted by molar-refractivity contribution is 5.88. The van der Waals surface area contributed by atoms with Gasteiger partial charge >= 0.3 is 6.03 Å². The lowest BCUT2D eigenvalue weighted by atomic mass is 9.84. The van der Waals surface area contributed by atoms with Crippen molar-refractivity contribution < 1.29 is 14.3 Å². The second-order valence-corrected chi connectivity index (χ2v) is 8.77. The first-order valence-electron chi connectivity index (χ1n) is 11.8. The minimum atomic E-state index is -0.357. The molecule has 2 aliphatic heterocycles. The van der Waals surface area contributed by atoms with Crippen molar-refractivity contribution in [3.63, 3.8) is 0 Å². The number of nitrogens with zero attached hydrogens (tertiary/aromatic N) is 2. The number of methoxy groups -OCH3 is 1. The quantitative estimate of drug-likeness (QED) is 0.603. The lowest BCUT2D eigenvalue weighted by molar-refractivity contribution is 0.0798. The number of hydrogen-bond acceptors (Lipinski definition) is 4. The van der Waals surface area contributed by atoms with Crippen molar-refractivity contribution >= 4 is 16.9 Å². The third kappa shape index (κ3) is 3.80. The van der Waals surface area contributed by atoms with Crippen LogP contribution in [0.1, 0.15) is 24.6 Å². The predicted molar refractivity (Wildman–Crippen MR) is 129 cm³/mol. The van der Waals surface area contributed by atoms with Crippen molar-refractivity contribution in [3.05, 3.63) is 59.8 Å². The zero-order chi connectivity index (χ0) is 22.8. The van der Waals surface area contributed by atoms with E-state index in [0.717, 1.165) is 42.9 Å². The fourth-order valence-corrected chi connectivity index (χ4v) is 5.33. The van der Waals surface area contributed by atoms with Gasteiger partial charge in [0.1, 0.15) is 18.1 Å². The van der Waals surface area contributed by atoms with Gasteiger partial charge in [0.2, 0.25) is 0 Å². The van der Waals surface area contributed by atoms with E-state index in [1.54, 1.807) is 7.11 Å². The van der Waals surface area contributed by atoms with Crippen molar-refractivity contribution in [2.75, 3.05) is 46.4 Å². The smallest absolute Gasteiger partial charge is 0.320 e. The summed E-state index contributed by atoms with van der Waals surface area (Å²) in [7, 11) is 1.70. The molecule has 1 spiro atoms. The van der Waals surface area contributed by atoms with Crippen LogP contribution in [0.3, 0.4) is 0 Å². The molecule has 1 unspecified atom stereocenters. The van der Waals surface area contributed by atoms with Crippen LogP contribution >= 0.6 is 0 Å². The number of fused-ring (bicyclic) bond motifs is 4. The lowest BCUT2D eigenvalue weighted by Crippen LogP contribution is -2.58. The molecule has 5 rings (SSSR count). The largest absolute Gasteiger partial charge is 0.497 e. The number of likely N-dealkylation sites (N-methyl/N-ethyl adjacent to an activating group) is 1. The minimum Gasteiger partial charge on any atom is -0.497 e. The molecule has 0 bridgehead atoms. The fraction of sp³-hybridized carbons (Fsp3) is 0.423. The van der Waals surface area contributed by atoms with Gasteiger partial charge in [-0.25, -0.2) is 4.79 Å². The first kappa shape index (κ1) is 21.6. The number of benzene rings is 2. The van der Waals surface area contributed by atoms with Crippen LogP contribution in [-0.2, 0) is 12.0 Å². The van der Waals surface area contributed by atoms with Gasteiger partial charge in [-0.3, -0.25) is 0 Å². The maximum absolute atomic E-state index is 13.8. The van der Waals surface area contributed by atoms with Crippen molar-refractivity contribution in [3.8, 4) is 11.5 Å². The number of nitrogens with one attached hydrogen (secondary N) is 2. The van der Waals surface area contributed by atoms with E-state index < -0.39 is 0 Å². The molecule has 0 radical (unpaired) electrons. The number of amides is 2. The summed E-state index contributed by atoms with van der Waals surface area (Å²) in [4.78, 5) is 21.5. The average Bonchev–Trinajstić information content (AvgIpc) is 3.48. The van der Waals surface area contributed by atoms with Gasteiger partial charge in [0.25, 0.3) is 0 Å². The van der Waals surface area contributed by atoms with E-state index in [-0.39, 0.29) is 11.6 Å². The molecular formula is C26H32N4O3. The second-order valence-electron chi connectivity index (χ2n) is 8.77. The Kier molecular flexibility index (Phi) is 5.89. The predicted octanol–water partition coefficient (Wildman–Crippen LogP) is 3.74. The van der Waals surface area contributed by atoms with E-state index in [1.807, 2.05) is 48.2 Å². The summed E-state index contributed by atoms with van der Waals surface area (Å²) in [5.41, 5.74) is 3.23. The SMILES string of the molecule is CCN(CCOc1ccccc1)C(=O)N1CCc2c([nH]c3ccc(OC)cc23)C12CCNC2. The Balaban J connectivity index is 1.40. The number of para-hydroxylation sites is 1. The molecule has 1 aromatic heterocycles. The van der Waals surface area contributed by atoms with Crippen LogP contribution in [0, 0.1) is 0 Å². The topological polar surface area (TPSA) is 69.8 Å². The molecule has 3 heterocycles. The number of aromatic amines is 1. The average molecular weight is 449 g/mol. The molecule has 174 valence electrons. The number of aromatic nitrogens is 1. The molecule has 3 aromatic rings. The summed E-state index contributed by atoms with van der Waals surface area (Å²) in [6.07, 6.45) is 1.72. The van der Waals surface area contributed by atoms with Crippen LogP contribution in [0.5, 0.6) is 11.5 Å². The number of carbonyl (C=O) groups excluding carboxylic acids is 1. The lowest BCUT2D eigenvalue weighted by Gasteiger charge is -2.46. The number of urea groups is 1. The first-order chi connectivity index (χ1) is 16.2. The van der Waals surface area contributed by atoms with E-state index in [9.17, 15) is 4.79 Å². The summed E-state index contributed by atoms with van der Waals surface area (Å²) >= 11 is 0. The molecule has 33 heavy (non-hydrogen) atoms. The first-order valence-corrected chi connectivity index (χ1v) is 11.8. The van der Waals surface area contributed by atoms with Crippen LogP contribution in [0.4, 0.5) is 4.79 Å². The molecule has 7 heteroatoms. The highest BCUT2D eigenvalue weighted by atomic mass is 16.5. The molecule has 0 aliphatic carbocycles. The molecule has 1 fully saturated rings. The van der Waals surface area contributed by atoms with Gasteiger partial charge in [-0.1, -0.05) is 18.2 Å². The zero-order valence-corrected chi connectivity index (χ0v) is 19.4. The van der Waals surface area contributed by atoms with Crippen LogP contribution in [0.25, 0.3) is 10.9 Å². The van der Waals surface area contributed by atoms with Crippen molar-refractivity contribution in [2.45, 2.75) is 25.3 Å². The van der Waals surface area contributed by atoms with Crippen LogP contribution in [-0.4, -0.2) is 67.3 Å².